The highest BCUT2D eigenvalue weighted by Gasteiger charge is 2.27. The molecule has 1 N–H and O–H groups in total. The Kier molecular flexibility index (Phi) is 5.60. The van der Waals surface area contributed by atoms with E-state index in [-0.39, 0.29) is 5.91 Å². The molecule has 21 heavy (non-hydrogen) atoms. The summed E-state index contributed by atoms with van der Waals surface area (Å²) >= 11 is 0. The average molecular weight is 291 g/mol. The van der Waals surface area contributed by atoms with Crippen molar-refractivity contribution in [3.63, 3.8) is 0 Å². The zero-order valence-electron chi connectivity index (χ0n) is 12.0. The molecule has 0 spiro atoms. The maximum Gasteiger partial charge on any atom is 0.308 e. The number of hydrogen-bond acceptors (Lipinski definition) is 3. The highest BCUT2D eigenvalue weighted by Crippen LogP contribution is 2.17. The fourth-order valence-corrected chi connectivity index (χ4v) is 2.49. The predicted octanol–water partition coefficient (Wildman–Crippen LogP) is 2.17. The molecular weight excluding hydrogens is 270 g/mol. The van der Waals surface area contributed by atoms with E-state index in [9.17, 15) is 9.59 Å². The molecule has 1 aliphatic rings. The maximum absolute atomic E-state index is 12.1. The first kappa shape index (κ1) is 15.4. The summed E-state index contributed by atoms with van der Waals surface area (Å²) in [5.74, 6) is -0.394. The second kappa shape index (κ2) is 7.67. The van der Waals surface area contributed by atoms with Gasteiger partial charge in [-0.15, -0.1) is 0 Å². The van der Waals surface area contributed by atoms with Crippen LogP contribution in [0, 0.1) is 5.92 Å². The zero-order chi connectivity index (χ0) is 15.1. The van der Waals surface area contributed by atoms with E-state index in [2.05, 4.69) is 0 Å². The van der Waals surface area contributed by atoms with Crippen molar-refractivity contribution in [2.24, 2.45) is 5.92 Å². The molecule has 0 aliphatic carbocycles. The van der Waals surface area contributed by atoms with E-state index in [1.165, 1.54) is 0 Å². The van der Waals surface area contributed by atoms with Crippen molar-refractivity contribution < 1.29 is 19.4 Å². The van der Waals surface area contributed by atoms with Crippen LogP contribution in [0.1, 0.15) is 25.7 Å². The van der Waals surface area contributed by atoms with Crippen LogP contribution < -0.4 is 4.74 Å². The number of hydrogen-bond donors (Lipinski definition) is 1. The molecule has 0 saturated carbocycles. The van der Waals surface area contributed by atoms with Gasteiger partial charge in [0.05, 0.1) is 12.5 Å². The van der Waals surface area contributed by atoms with Crippen molar-refractivity contribution in [1.82, 2.24) is 4.90 Å². The number of nitrogens with zero attached hydrogens (tertiary/aromatic N) is 1. The summed E-state index contributed by atoms with van der Waals surface area (Å²) < 4.78 is 5.54. The van der Waals surface area contributed by atoms with Gasteiger partial charge in [-0.3, -0.25) is 9.59 Å². The van der Waals surface area contributed by atoms with Crippen LogP contribution in [-0.4, -0.2) is 41.6 Å². The van der Waals surface area contributed by atoms with Gasteiger partial charge in [-0.25, -0.2) is 0 Å². The van der Waals surface area contributed by atoms with Crippen molar-refractivity contribution in [3.05, 3.63) is 30.3 Å². The summed E-state index contributed by atoms with van der Waals surface area (Å²) in [6.07, 6.45) is 2.47. The fraction of sp³-hybridized carbons (Fsp3) is 0.500. The molecule has 1 aliphatic heterocycles. The minimum absolute atomic E-state index is 0.0256. The van der Waals surface area contributed by atoms with Gasteiger partial charge in [0.1, 0.15) is 5.75 Å². The topological polar surface area (TPSA) is 66.8 Å². The summed E-state index contributed by atoms with van der Waals surface area (Å²) in [7, 11) is 0. The molecule has 1 saturated heterocycles. The number of para-hydroxylation sites is 1. The van der Waals surface area contributed by atoms with E-state index >= 15 is 0 Å². The van der Waals surface area contributed by atoms with E-state index in [0.717, 1.165) is 12.2 Å². The third-order valence-electron chi connectivity index (χ3n) is 3.67. The number of piperidine rings is 1. The second-order valence-corrected chi connectivity index (χ2v) is 5.28. The molecule has 2 rings (SSSR count). The van der Waals surface area contributed by atoms with Gasteiger partial charge in [0.15, 0.2) is 0 Å². The van der Waals surface area contributed by atoms with Gasteiger partial charge in [-0.05, 0) is 31.4 Å². The minimum Gasteiger partial charge on any atom is -0.494 e. The van der Waals surface area contributed by atoms with Crippen LogP contribution in [0.3, 0.4) is 0 Å². The molecule has 1 amide bonds. The maximum atomic E-state index is 12.1. The molecule has 5 nitrogen and oxygen atoms in total. The molecular formula is C16H21NO4. The lowest BCUT2D eigenvalue weighted by molar-refractivity contribution is -0.145. The number of amides is 1. The summed E-state index contributed by atoms with van der Waals surface area (Å²) in [6.45, 7) is 1.50. The Hall–Kier alpha value is -2.04. The molecule has 1 heterocycles. The monoisotopic (exact) mass is 291 g/mol. The van der Waals surface area contributed by atoms with E-state index in [1.54, 1.807) is 4.90 Å². The number of benzene rings is 1. The van der Waals surface area contributed by atoms with Gasteiger partial charge >= 0.3 is 5.97 Å². The van der Waals surface area contributed by atoms with Crippen LogP contribution in [-0.2, 0) is 9.59 Å². The first-order chi connectivity index (χ1) is 10.2. The molecule has 114 valence electrons. The molecule has 1 atom stereocenters. The van der Waals surface area contributed by atoms with Crippen LogP contribution in [0.25, 0.3) is 0 Å². The van der Waals surface area contributed by atoms with Crippen LogP contribution >= 0.6 is 0 Å². The van der Waals surface area contributed by atoms with Crippen LogP contribution in [0.4, 0.5) is 0 Å². The lowest BCUT2D eigenvalue weighted by Crippen LogP contribution is -2.42. The third-order valence-corrected chi connectivity index (χ3v) is 3.67. The minimum atomic E-state index is -0.806. The molecule has 5 heteroatoms. The van der Waals surface area contributed by atoms with Crippen LogP contribution in [0.2, 0.25) is 0 Å². The Bertz CT molecular complexity index is 474. The quantitative estimate of drug-likeness (QED) is 0.816. The molecule has 1 aromatic carbocycles. The summed E-state index contributed by atoms with van der Waals surface area (Å²) in [5.41, 5.74) is 0. The number of carboxylic acids is 1. The van der Waals surface area contributed by atoms with E-state index in [4.69, 9.17) is 9.84 Å². The Morgan fingerprint density at radius 3 is 2.76 bits per heavy atom. The van der Waals surface area contributed by atoms with Gasteiger partial charge in [0, 0.05) is 19.5 Å². The molecule has 1 unspecified atom stereocenters. The smallest absolute Gasteiger partial charge is 0.308 e. The van der Waals surface area contributed by atoms with Crippen molar-refractivity contribution in [1.29, 1.82) is 0 Å². The van der Waals surface area contributed by atoms with Crippen molar-refractivity contribution in [2.45, 2.75) is 25.7 Å². The summed E-state index contributed by atoms with van der Waals surface area (Å²) in [6, 6.07) is 9.49. The Balaban J connectivity index is 1.68. The van der Waals surface area contributed by atoms with E-state index in [0.29, 0.717) is 39.0 Å². The fourth-order valence-electron chi connectivity index (χ4n) is 2.49. The average Bonchev–Trinajstić information content (AvgIpc) is 2.52. The lowest BCUT2D eigenvalue weighted by atomic mass is 9.98. The summed E-state index contributed by atoms with van der Waals surface area (Å²) in [4.78, 5) is 24.7. The Morgan fingerprint density at radius 1 is 1.29 bits per heavy atom. The standard InChI is InChI=1S/C16H21NO4/c18-15(17-10-4-6-13(12-17)16(19)20)9-5-11-21-14-7-2-1-3-8-14/h1-3,7-8,13H,4-6,9-12H2,(H,19,20). The molecule has 1 fully saturated rings. The largest absolute Gasteiger partial charge is 0.494 e. The van der Waals surface area contributed by atoms with Gasteiger partial charge < -0.3 is 14.7 Å². The predicted molar refractivity (Wildman–Crippen MR) is 78.1 cm³/mol. The van der Waals surface area contributed by atoms with Crippen molar-refractivity contribution in [2.75, 3.05) is 19.7 Å². The highest BCUT2D eigenvalue weighted by molar-refractivity contribution is 5.78. The van der Waals surface area contributed by atoms with E-state index in [1.807, 2.05) is 30.3 Å². The van der Waals surface area contributed by atoms with Crippen LogP contribution in [0.5, 0.6) is 5.75 Å². The number of rotatable bonds is 6. The Labute approximate surface area is 124 Å². The van der Waals surface area contributed by atoms with Crippen molar-refractivity contribution in [3.8, 4) is 5.75 Å². The zero-order valence-corrected chi connectivity index (χ0v) is 12.0. The number of carbonyl (C=O) groups is 2. The molecule has 0 radical (unpaired) electrons. The third kappa shape index (κ3) is 4.77. The number of carbonyl (C=O) groups excluding carboxylic acids is 1. The molecule has 0 bridgehead atoms. The molecule has 1 aromatic rings. The molecule has 0 aromatic heterocycles. The SMILES string of the molecule is O=C(O)C1CCCN(C(=O)CCCOc2ccccc2)C1. The summed E-state index contributed by atoms with van der Waals surface area (Å²) in [5, 5.41) is 9.02. The second-order valence-electron chi connectivity index (χ2n) is 5.28. The number of likely N-dealkylation sites (tertiary alicyclic amines) is 1. The Morgan fingerprint density at radius 2 is 2.05 bits per heavy atom. The van der Waals surface area contributed by atoms with Crippen LogP contribution in [0.15, 0.2) is 30.3 Å². The normalized spacial score (nSPS) is 18.3. The van der Waals surface area contributed by atoms with Gasteiger partial charge in [-0.2, -0.15) is 0 Å². The van der Waals surface area contributed by atoms with Gasteiger partial charge in [-0.1, -0.05) is 18.2 Å². The number of ether oxygens (including phenoxy) is 1. The first-order valence-electron chi connectivity index (χ1n) is 7.35. The van der Waals surface area contributed by atoms with Crippen molar-refractivity contribution >= 4 is 11.9 Å². The highest BCUT2D eigenvalue weighted by atomic mass is 16.5. The van der Waals surface area contributed by atoms with Gasteiger partial charge in [0.2, 0.25) is 5.91 Å². The first-order valence-corrected chi connectivity index (χ1v) is 7.35. The van der Waals surface area contributed by atoms with E-state index < -0.39 is 11.9 Å². The lowest BCUT2D eigenvalue weighted by Gasteiger charge is -2.30. The number of carboxylic acid groups (broad SMARTS) is 1. The van der Waals surface area contributed by atoms with Gasteiger partial charge in [0.25, 0.3) is 0 Å². The number of aliphatic carboxylic acids is 1.